The maximum atomic E-state index is 13.8. The van der Waals surface area contributed by atoms with Crippen LogP contribution in [0.25, 0.3) is 0 Å². The number of aryl methyl sites for hydroxylation is 1. The Balaban J connectivity index is 1.30. The van der Waals surface area contributed by atoms with Gasteiger partial charge in [-0.25, -0.2) is 0 Å². The first-order valence-electron chi connectivity index (χ1n) is 13.7. The Labute approximate surface area is 222 Å². The highest BCUT2D eigenvalue weighted by Gasteiger charge is 2.49. The number of rotatable bonds is 6. The number of nitrogens with zero attached hydrogens (tertiary/aromatic N) is 2. The number of piperidine rings is 1. The molecule has 38 heavy (non-hydrogen) atoms. The summed E-state index contributed by atoms with van der Waals surface area (Å²) in [5.74, 6) is 0.164. The van der Waals surface area contributed by atoms with Gasteiger partial charge in [-0.05, 0) is 67.0 Å². The van der Waals surface area contributed by atoms with Crippen LogP contribution in [0.1, 0.15) is 42.5 Å². The van der Waals surface area contributed by atoms with E-state index in [4.69, 9.17) is 0 Å². The fourth-order valence-corrected chi connectivity index (χ4v) is 6.88. The first-order chi connectivity index (χ1) is 18.5. The average molecular weight is 511 g/mol. The average Bonchev–Trinajstić information content (AvgIpc) is 2.91. The van der Waals surface area contributed by atoms with Crippen molar-refractivity contribution in [3.63, 3.8) is 0 Å². The minimum absolute atomic E-state index is 0.0205. The van der Waals surface area contributed by atoms with E-state index in [9.17, 15) is 14.4 Å². The first-order valence-corrected chi connectivity index (χ1v) is 13.7. The molecule has 0 saturated carbocycles. The molecule has 0 spiro atoms. The number of amides is 2. The van der Waals surface area contributed by atoms with E-state index in [0.29, 0.717) is 25.4 Å². The highest BCUT2D eigenvalue weighted by molar-refractivity contribution is 5.89. The van der Waals surface area contributed by atoms with Crippen LogP contribution in [-0.2, 0) is 29.0 Å². The molecule has 3 aliphatic heterocycles. The molecule has 7 heteroatoms. The highest BCUT2D eigenvalue weighted by Crippen LogP contribution is 2.48. The second-order valence-corrected chi connectivity index (χ2v) is 11.0. The lowest BCUT2D eigenvalue weighted by Gasteiger charge is -2.54. The van der Waals surface area contributed by atoms with Gasteiger partial charge in [0, 0.05) is 61.7 Å². The topological polar surface area (TPSA) is 83.4 Å². The van der Waals surface area contributed by atoms with Crippen molar-refractivity contribution in [3.05, 3.63) is 93.9 Å². The van der Waals surface area contributed by atoms with Gasteiger partial charge in [-0.3, -0.25) is 14.4 Å². The molecule has 0 radical (unpaired) electrons. The minimum atomic E-state index is -0.250. The number of aromatic nitrogens is 1. The molecule has 2 amide bonds. The van der Waals surface area contributed by atoms with Crippen molar-refractivity contribution in [1.29, 1.82) is 0 Å². The molecule has 6 rings (SSSR count). The summed E-state index contributed by atoms with van der Waals surface area (Å²) in [6, 6.07) is 21.9. The Morgan fingerprint density at radius 3 is 2.66 bits per heavy atom. The summed E-state index contributed by atoms with van der Waals surface area (Å²) >= 11 is 0. The normalized spacial score (nSPS) is 23.0. The fraction of sp³-hybridized carbons (Fsp3) is 0.387. The van der Waals surface area contributed by atoms with E-state index < -0.39 is 0 Å². The zero-order chi connectivity index (χ0) is 26.2. The van der Waals surface area contributed by atoms with Gasteiger partial charge in [-0.1, -0.05) is 36.4 Å². The molecule has 1 saturated heterocycles. The maximum absolute atomic E-state index is 13.8. The third kappa shape index (κ3) is 4.62. The van der Waals surface area contributed by atoms with Crippen molar-refractivity contribution in [2.45, 2.75) is 51.1 Å². The molecule has 1 fully saturated rings. The van der Waals surface area contributed by atoms with Crippen LogP contribution in [0.4, 0.5) is 11.4 Å². The highest BCUT2D eigenvalue weighted by atomic mass is 16.2. The lowest BCUT2D eigenvalue weighted by atomic mass is 9.69. The number of carbonyl (C=O) groups is 2. The van der Waals surface area contributed by atoms with Crippen LogP contribution >= 0.6 is 0 Å². The van der Waals surface area contributed by atoms with Gasteiger partial charge in [0.05, 0.1) is 5.92 Å². The molecular formula is C31H34N4O3. The molecule has 0 aliphatic carbocycles. The van der Waals surface area contributed by atoms with Crippen molar-refractivity contribution in [2.24, 2.45) is 11.8 Å². The van der Waals surface area contributed by atoms with E-state index in [1.54, 1.807) is 6.07 Å². The zero-order valence-corrected chi connectivity index (χ0v) is 21.7. The summed E-state index contributed by atoms with van der Waals surface area (Å²) in [5.41, 5.74) is 5.34. The van der Waals surface area contributed by atoms with Crippen molar-refractivity contribution in [1.82, 2.24) is 9.88 Å². The minimum Gasteiger partial charge on any atom is -0.366 e. The van der Waals surface area contributed by atoms with Crippen LogP contribution in [0.2, 0.25) is 0 Å². The second kappa shape index (κ2) is 10.1. The molecule has 196 valence electrons. The molecular weight excluding hydrogens is 476 g/mol. The Kier molecular flexibility index (Phi) is 6.52. The van der Waals surface area contributed by atoms with E-state index in [-0.39, 0.29) is 35.3 Å². The van der Waals surface area contributed by atoms with E-state index in [2.05, 4.69) is 39.8 Å². The van der Waals surface area contributed by atoms with E-state index in [1.807, 2.05) is 41.0 Å². The Hall–Kier alpha value is -3.87. The van der Waals surface area contributed by atoms with Crippen LogP contribution in [0.3, 0.4) is 0 Å². The predicted molar refractivity (Wildman–Crippen MR) is 148 cm³/mol. The largest absolute Gasteiger partial charge is 0.366 e. The number of nitrogens with one attached hydrogen (secondary N) is 2. The van der Waals surface area contributed by atoms with Crippen LogP contribution < -0.4 is 21.1 Å². The van der Waals surface area contributed by atoms with Gasteiger partial charge in [0.1, 0.15) is 0 Å². The fourth-order valence-electron chi connectivity index (χ4n) is 6.88. The number of hydrogen-bond acceptors (Lipinski definition) is 4. The van der Waals surface area contributed by atoms with Crippen LogP contribution in [0.15, 0.2) is 71.5 Å². The van der Waals surface area contributed by atoms with Gasteiger partial charge in [-0.2, -0.15) is 0 Å². The van der Waals surface area contributed by atoms with Gasteiger partial charge < -0.3 is 20.1 Å². The van der Waals surface area contributed by atoms with Crippen molar-refractivity contribution >= 4 is 23.2 Å². The Morgan fingerprint density at radius 2 is 1.84 bits per heavy atom. The predicted octanol–water partition coefficient (Wildman–Crippen LogP) is 3.72. The number of benzene rings is 2. The standard InChI is InChI=1S/C31H34N4O3/c1-20(36)33-24-12-13-27-23(16-24)17-26(31(38)32-14-6-9-21-7-3-2-4-8-21)30-25-15-22(19-35(27)30)18-34-28(25)10-5-11-29(34)37/h2-5,7-8,10-13,16,22,25-26,30H,6,9,14-15,17-19H2,1H3,(H,32,38)(H,33,36). The first kappa shape index (κ1) is 24.5. The molecule has 4 unspecified atom stereocenters. The Bertz CT molecular complexity index is 1420. The lowest BCUT2D eigenvalue weighted by Crippen LogP contribution is -2.60. The summed E-state index contributed by atoms with van der Waals surface area (Å²) in [6.07, 6.45) is 3.39. The van der Waals surface area contributed by atoms with Crippen molar-refractivity contribution < 1.29 is 9.59 Å². The summed E-state index contributed by atoms with van der Waals surface area (Å²) in [7, 11) is 0. The monoisotopic (exact) mass is 510 g/mol. The smallest absolute Gasteiger partial charge is 0.250 e. The lowest BCUT2D eigenvalue weighted by molar-refractivity contribution is -0.126. The summed E-state index contributed by atoms with van der Waals surface area (Å²) in [4.78, 5) is 40.6. The number of pyridine rings is 1. The molecule has 2 N–H and O–H groups in total. The molecule has 2 aromatic carbocycles. The quantitative estimate of drug-likeness (QED) is 0.495. The number of fused-ring (bicyclic) bond motifs is 8. The van der Waals surface area contributed by atoms with Gasteiger partial charge in [0.15, 0.2) is 0 Å². The van der Waals surface area contributed by atoms with E-state index >= 15 is 0 Å². The number of hydrogen-bond donors (Lipinski definition) is 2. The second-order valence-electron chi connectivity index (χ2n) is 11.0. The zero-order valence-electron chi connectivity index (χ0n) is 21.7. The van der Waals surface area contributed by atoms with Crippen molar-refractivity contribution in [3.8, 4) is 0 Å². The third-order valence-corrected chi connectivity index (χ3v) is 8.40. The van der Waals surface area contributed by atoms with E-state index in [0.717, 1.165) is 48.4 Å². The molecule has 2 bridgehead atoms. The van der Waals surface area contributed by atoms with Crippen LogP contribution in [-0.4, -0.2) is 35.5 Å². The molecule has 4 heterocycles. The molecule has 3 aliphatic rings. The molecule has 4 atom stereocenters. The van der Waals surface area contributed by atoms with Gasteiger partial charge in [0.25, 0.3) is 5.56 Å². The summed E-state index contributed by atoms with van der Waals surface area (Å²) in [5, 5.41) is 6.13. The number of carbonyl (C=O) groups excluding carboxylic acids is 2. The summed E-state index contributed by atoms with van der Waals surface area (Å²) < 4.78 is 1.93. The maximum Gasteiger partial charge on any atom is 0.250 e. The van der Waals surface area contributed by atoms with Crippen LogP contribution in [0, 0.1) is 11.8 Å². The third-order valence-electron chi connectivity index (χ3n) is 8.40. The van der Waals surface area contributed by atoms with Gasteiger partial charge in [0.2, 0.25) is 11.8 Å². The summed E-state index contributed by atoms with van der Waals surface area (Å²) in [6.45, 7) is 3.65. The van der Waals surface area contributed by atoms with Gasteiger partial charge in [-0.15, -0.1) is 0 Å². The number of anilines is 2. The van der Waals surface area contributed by atoms with Crippen LogP contribution in [0.5, 0.6) is 0 Å². The molecule has 1 aromatic heterocycles. The SMILES string of the molecule is CC(=O)Nc1ccc2c(c1)CC(C(=O)NCCCc1ccccc1)C1C3CC(CN21)Cn1c3cccc1=O. The van der Waals surface area contributed by atoms with Gasteiger partial charge >= 0.3 is 0 Å². The van der Waals surface area contributed by atoms with E-state index in [1.165, 1.54) is 12.5 Å². The Morgan fingerprint density at radius 1 is 1.00 bits per heavy atom. The molecule has 3 aromatic rings. The van der Waals surface area contributed by atoms with Crippen molar-refractivity contribution in [2.75, 3.05) is 23.3 Å². The molecule has 7 nitrogen and oxygen atoms in total.